The molecule has 2 aliphatic rings. The Balaban J connectivity index is 2.02. The van der Waals surface area contributed by atoms with Crippen molar-refractivity contribution in [2.75, 3.05) is 26.2 Å². The molecule has 1 heterocycles. The number of hydrogen-bond acceptors (Lipinski definition) is 3. The first-order chi connectivity index (χ1) is 9.14. The maximum Gasteiger partial charge on any atom is 0.0599 e. The Hall–Kier alpha value is -0.120. The Morgan fingerprint density at radius 3 is 2.47 bits per heavy atom. The third-order valence-electron chi connectivity index (χ3n) is 5.80. The number of hydrogen-bond donors (Lipinski definition) is 1. The third kappa shape index (κ3) is 2.98. The van der Waals surface area contributed by atoms with Gasteiger partial charge in [-0.2, -0.15) is 0 Å². The van der Waals surface area contributed by atoms with Gasteiger partial charge in [0, 0.05) is 31.8 Å². The van der Waals surface area contributed by atoms with E-state index in [1.165, 1.54) is 45.2 Å². The van der Waals surface area contributed by atoms with Crippen LogP contribution in [0.5, 0.6) is 0 Å². The summed E-state index contributed by atoms with van der Waals surface area (Å²) in [4.78, 5) is 2.70. The molecule has 0 aromatic carbocycles. The lowest BCUT2D eigenvalue weighted by Gasteiger charge is -2.54. The topological polar surface area (TPSA) is 38.5 Å². The van der Waals surface area contributed by atoms with E-state index >= 15 is 0 Å². The lowest BCUT2D eigenvalue weighted by molar-refractivity contribution is -0.0582. The first-order valence-electron chi connectivity index (χ1n) is 8.20. The van der Waals surface area contributed by atoms with Crippen molar-refractivity contribution >= 4 is 0 Å². The fraction of sp³-hybridized carbons (Fsp3) is 1.00. The van der Waals surface area contributed by atoms with Gasteiger partial charge in [0.05, 0.1) is 6.10 Å². The van der Waals surface area contributed by atoms with Gasteiger partial charge in [0.15, 0.2) is 0 Å². The lowest BCUT2D eigenvalue weighted by Crippen LogP contribution is -2.62. The van der Waals surface area contributed by atoms with E-state index in [-0.39, 0.29) is 5.54 Å². The highest BCUT2D eigenvalue weighted by Crippen LogP contribution is 2.42. The van der Waals surface area contributed by atoms with Crippen molar-refractivity contribution in [3.63, 3.8) is 0 Å². The summed E-state index contributed by atoms with van der Waals surface area (Å²) >= 11 is 0. The number of likely N-dealkylation sites (tertiary alicyclic amines) is 1. The first-order valence-corrected chi connectivity index (χ1v) is 8.20. The minimum atomic E-state index is 0.259. The maximum absolute atomic E-state index is 6.24. The van der Waals surface area contributed by atoms with E-state index in [4.69, 9.17) is 10.5 Å². The Kier molecular flexibility index (Phi) is 5.27. The van der Waals surface area contributed by atoms with Crippen molar-refractivity contribution in [1.29, 1.82) is 0 Å². The molecule has 0 spiro atoms. The van der Waals surface area contributed by atoms with Crippen LogP contribution in [0.25, 0.3) is 0 Å². The molecule has 1 aliphatic heterocycles. The summed E-state index contributed by atoms with van der Waals surface area (Å²) in [6, 6.07) is 0. The van der Waals surface area contributed by atoms with Crippen LogP contribution in [0.4, 0.5) is 0 Å². The molecule has 1 saturated carbocycles. The van der Waals surface area contributed by atoms with Crippen LogP contribution >= 0.6 is 0 Å². The van der Waals surface area contributed by atoms with Gasteiger partial charge in [-0.25, -0.2) is 0 Å². The van der Waals surface area contributed by atoms with E-state index in [0.29, 0.717) is 6.10 Å². The first kappa shape index (κ1) is 15.3. The van der Waals surface area contributed by atoms with Crippen molar-refractivity contribution < 1.29 is 4.74 Å². The highest BCUT2D eigenvalue weighted by Gasteiger charge is 2.45. The van der Waals surface area contributed by atoms with Gasteiger partial charge in [0.2, 0.25) is 0 Å². The minimum Gasteiger partial charge on any atom is -0.378 e. The number of ether oxygens (including phenoxy) is 1. The SMILES string of the molecule is CCOC1CCN(C2(CN)CCCC(C)C2C)CC1. The van der Waals surface area contributed by atoms with Crippen LogP contribution < -0.4 is 5.73 Å². The van der Waals surface area contributed by atoms with Gasteiger partial charge in [0.1, 0.15) is 0 Å². The highest BCUT2D eigenvalue weighted by molar-refractivity contribution is 5.01. The summed E-state index contributed by atoms with van der Waals surface area (Å²) in [7, 11) is 0. The zero-order chi connectivity index (χ0) is 13.9. The summed E-state index contributed by atoms with van der Waals surface area (Å²) < 4.78 is 5.78. The van der Waals surface area contributed by atoms with Crippen molar-refractivity contribution in [3.8, 4) is 0 Å². The summed E-state index contributed by atoms with van der Waals surface area (Å²) in [5.74, 6) is 1.52. The minimum absolute atomic E-state index is 0.259. The largest absolute Gasteiger partial charge is 0.378 e. The van der Waals surface area contributed by atoms with Crippen LogP contribution in [0.3, 0.4) is 0 Å². The van der Waals surface area contributed by atoms with Gasteiger partial charge < -0.3 is 10.5 Å². The van der Waals surface area contributed by atoms with Crippen LogP contribution in [0.2, 0.25) is 0 Å². The normalized spacial score (nSPS) is 38.5. The molecule has 1 saturated heterocycles. The summed E-state index contributed by atoms with van der Waals surface area (Å²) in [6.45, 7) is 10.9. The van der Waals surface area contributed by atoms with Crippen LogP contribution in [0.1, 0.15) is 52.9 Å². The van der Waals surface area contributed by atoms with Crippen LogP contribution in [0.15, 0.2) is 0 Å². The maximum atomic E-state index is 6.24. The summed E-state index contributed by atoms with van der Waals surface area (Å²) in [6.07, 6.45) is 6.83. The van der Waals surface area contributed by atoms with E-state index in [1.807, 2.05) is 0 Å². The van der Waals surface area contributed by atoms with Gasteiger partial charge in [-0.1, -0.05) is 26.7 Å². The molecule has 3 unspecified atom stereocenters. The zero-order valence-electron chi connectivity index (χ0n) is 13.0. The number of rotatable bonds is 4. The van der Waals surface area contributed by atoms with E-state index in [0.717, 1.165) is 25.0 Å². The van der Waals surface area contributed by atoms with Crippen molar-refractivity contribution in [3.05, 3.63) is 0 Å². The third-order valence-corrected chi connectivity index (χ3v) is 5.80. The highest BCUT2D eigenvalue weighted by atomic mass is 16.5. The smallest absolute Gasteiger partial charge is 0.0599 e. The molecule has 3 atom stereocenters. The summed E-state index contributed by atoms with van der Waals surface area (Å²) in [5, 5.41) is 0. The van der Waals surface area contributed by atoms with E-state index in [1.54, 1.807) is 0 Å². The van der Waals surface area contributed by atoms with E-state index in [9.17, 15) is 0 Å². The van der Waals surface area contributed by atoms with Crippen molar-refractivity contribution in [1.82, 2.24) is 4.90 Å². The average Bonchev–Trinajstić information content (AvgIpc) is 2.44. The van der Waals surface area contributed by atoms with Crippen molar-refractivity contribution in [2.45, 2.75) is 64.5 Å². The zero-order valence-corrected chi connectivity index (χ0v) is 13.0. The fourth-order valence-corrected chi connectivity index (χ4v) is 4.30. The molecule has 0 aromatic heterocycles. The second-order valence-electron chi connectivity index (χ2n) is 6.61. The molecule has 0 amide bonds. The van der Waals surface area contributed by atoms with Crippen LogP contribution in [-0.4, -0.2) is 42.8 Å². The predicted molar refractivity (Wildman–Crippen MR) is 80.2 cm³/mol. The van der Waals surface area contributed by atoms with Gasteiger partial charge >= 0.3 is 0 Å². The summed E-state index contributed by atoms with van der Waals surface area (Å²) in [5.41, 5.74) is 6.50. The number of piperidine rings is 1. The van der Waals surface area contributed by atoms with Crippen LogP contribution in [-0.2, 0) is 4.74 Å². The second kappa shape index (κ2) is 6.55. The molecule has 0 bridgehead atoms. The molecular weight excluding hydrogens is 236 g/mol. The van der Waals surface area contributed by atoms with Crippen molar-refractivity contribution in [2.24, 2.45) is 17.6 Å². The van der Waals surface area contributed by atoms with Gasteiger partial charge in [0.25, 0.3) is 0 Å². The molecule has 19 heavy (non-hydrogen) atoms. The molecule has 2 rings (SSSR count). The molecular formula is C16H32N2O. The molecule has 3 heteroatoms. The molecule has 112 valence electrons. The van der Waals surface area contributed by atoms with Gasteiger partial charge in [-0.05, 0) is 38.0 Å². The lowest BCUT2D eigenvalue weighted by atomic mass is 9.67. The Bertz CT molecular complexity index is 276. The standard InChI is InChI=1S/C16H32N2O/c1-4-19-15-7-10-18(11-8-15)16(12-17)9-5-6-13(2)14(16)3/h13-15H,4-12,17H2,1-3H3. The molecule has 0 radical (unpaired) electrons. The van der Waals surface area contributed by atoms with Gasteiger partial charge in [-0.3, -0.25) is 4.90 Å². The molecule has 2 N–H and O–H groups in total. The Morgan fingerprint density at radius 1 is 1.21 bits per heavy atom. The van der Waals surface area contributed by atoms with Gasteiger partial charge in [-0.15, -0.1) is 0 Å². The average molecular weight is 268 g/mol. The second-order valence-corrected chi connectivity index (χ2v) is 6.61. The number of nitrogens with zero attached hydrogens (tertiary/aromatic N) is 1. The van der Waals surface area contributed by atoms with E-state index in [2.05, 4.69) is 25.7 Å². The molecule has 0 aromatic rings. The Morgan fingerprint density at radius 2 is 1.89 bits per heavy atom. The quantitative estimate of drug-likeness (QED) is 0.852. The van der Waals surface area contributed by atoms with Crippen LogP contribution in [0, 0.1) is 11.8 Å². The fourth-order valence-electron chi connectivity index (χ4n) is 4.30. The van der Waals surface area contributed by atoms with E-state index < -0.39 is 0 Å². The molecule has 1 aliphatic carbocycles. The predicted octanol–water partition coefficient (Wildman–Crippen LogP) is 2.64. The molecule has 2 fully saturated rings. The Labute approximate surface area is 118 Å². The monoisotopic (exact) mass is 268 g/mol. The number of nitrogens with two attached hydrogens (primary N) is 1. The molecule has 3 nitrogen and oxygen atoms in total.